The lowest BCUT2D eigenvalue weighted by atomic mass is 9.83. The van der Waals surface area contributed by atoms with Gasteiger partial charge in [0, 0.05) is 17.3 Å². The number of thiazole rings is 1. The highest BCUT2D eigenvalue weighted by Crippen LogP contribution is 2.25. The molecule has 1 aromatic carbocycles. The predicted octanol–water partition coefficient (Wildman–Crippen LogP) is 3.31. The molecule has 116 valence electrons. The van der Waals surface area contributed by atoms with Crippen LogP contribution in [-0.4, -0.2) is 17.4 Å². The van der Waals surface area contributed by atoms with E-state index in [4.69, 9.17) is 0 Å². The molecule has 0 fully saturated rings. The Bertz CT molecular complexity index is 650. The molecule has 0 saturated heterocycles. The fourth-order valence-electron chi connectivity index (χ4n) is 3.09. The van der Waals surface area contributed by atoms with Crippen LogP contribution in [0, 0.1) is 12.8 Å². The van der Waals surface area contributed by atoms with Crippen molar-refractivity contribution in [1.29, 1.82) is 0 Å². The van der Waals surface area contributed by atoms with E-state index in [1.807, 2.05) is 12.4 Å². The summed E-state index contributed by atoms with van der Waals surface area (Å²) in [6.45, 7) is 2.80. The first-order valence-corrected chi connectivity index (χ1v) is 8.85. The first kappa shape index (κ1) is 15.2. The summed E-state index contributed by atoms with van der Waals surface area (Å²) in [4.78, 5) is 17.9. The second kappa shape index (κ2) is 7.05. The lowest BCUT2D eigenvalue weighted by Gasteiger charge is -2.23. The third kappa shape index (κ3) is 3.55. The Morgan fingerprint density at radius 3 is 2.95 bits per heavy atom. The zero-order chi connectivity index (χ0) is 15.4. The molecule has 1 aromatic heterocycles. The van der Waals surface area contributed by atoms with Gasteiger partial charge < -0.3 is 5.32 Å². The number of aromatic nitrogens is 1. The van der Waals surface area contributed by atoms with E-state index < -0.39 is 0 Å². The Labute approximate surface area is 135 Å². The fraction of sp³-hybridized carbons (Fsp3) is 0.444. The number of aryl methyl sites for hydroxylation is 3. The summed E-state index contributed by atoms with van der Waals surface area (Å²) in [7, 11) is 0. The van der Waals surface area contributed by atoms with Gasteiger partial charge in [0.05, 0.1) is 11.2 Å². The zero-order valence-corrected chi connectivity index (χ0v) is 13.8. The number of hydrogen-bond acceptors (Lipinski definition) is 3. The van der Waals surface area contributed by atoms with Crippen molar-refractivity contribution in [1.82, 2.24) is 10.3 Å². The molecule has 3 rings (SSSR count). The van der Waals surface area contributed by atoms with E-state index in [0.717, 1.165) is 44.3 Å². The second-order valence-electron chi connectivity index (χ2n) is 5.96. The van der Waals surface area contributed by atoms with Gasteiger partial charge in [-0.05, 0) is 50.2 Å². The molecule has 0 aliphatic heterocycles. The molecule has 0 saturated carbocycles. The Kier molecular flexibility index (Phi) is 4.88. The molecule has 3 nitrogen and oxygen atoms in total. The minimum Gasteiger partial charge on any atom is -0.356 e. The van der Waals surface area contributed by atoms with Crippen LogP contribution in [0.5, 0.6) is 0 Å². The van der Waals surface area contributed by atoms with Crippen molar-refractivity contribution in [2.24, 2.45) is 5.92 Å². The van der Waals surface area contributed by atoms with Crippen molar-refractivity contribution in [3.63, 3.8) is 0 Å². The number of amides is 1. The molecule has 0 radical (unpaired) electrons. The average Bonchev–Trinajstić information content (AvgIpc) is 2.96. The van der Waals surface area contributed by atoms with Crippen LogP contribution in [0.4, 0.5) is 0 Å². The van der Waals surface area contributed by atoms with Crippen molar-refractivity contribution < 1.29 is 4.79 Å². The van der Waals surface area contributed by atoms with Gasteiger partial charge in [-0.3, -0.25) is 4.79 Å². The van der Waals surface area contributed by atoms with E-state index in [1.54, 1.807) is 11.3 Å². The van der Waals surface area contributed by atoms with Gasteiger partial charge in [-0.25, -0.2) is 4.98 Å². The standard InChI is InChI=1S/C18H22N2OS/c1-13-17(22-12-20-13)7-4-10-19-18(21)16-9-8-14-5-2-3-6-15(14)11-16/h2-3,5-6,12,16H,4,7-11H2,1H3,(H,19,21). The fourth-order valence-corrected chi connectivity index (χ4v) is 3.92. The SMILES string of the molecule is Cc1ncsc1CCCNC(=O)C1CCc2ccccc2C1. The number of hydrogen-bond donors (Lipinski definition) is 1. The highest BCUT2D eigenvalue weighted by atomic mass is 32.1. The molecule has 2 aromatic rings. The van der Waals surface area contributed by atoms with Crippen molar-refractivity contribution in [2.75, 3.05) is 6.54 Å². The maximum absolute atomic E-state index is 12.3. The minimum atomic E-state index is 0.139. The summed E-state index contributed by atoms with van der Waals surface area (Å²) >= 11 is 1.70. The molecule has 1 heterocycles. The van der Waals surface area contributed by atoms with E-state index >= 15 is 0 Å². The van der Waals surface area contributed by atoms with Crippen LogP contribution < -0.4 is 5.32 Å². The molecule has 0 spiro atoms. The number of nitrogens with one attached hydrogen (secondary N) is 1. The van der Waals surface area contributed by atoms with Gasteiger partial charge in [-0.1, -0.05) is 24.3 Å². The quantitative estimate of drug-likeness (QED) is 0.860. The number of benzene rings is 1. The summed E-state index contributed by atoms with van der Waals surface area (Å²) in [5, 5.41) is 3.11. The van der Waals surface area contributed by atoms with Gasteiger partial charge in [-0.2, -0.15) is 0 Å². The average molecular weight is 314 g/mol. The predicted molar refractivity (Wildman–Crippen MR) is 90.1 cm³/mol. The van der Waals surface area contributed by atoms with Crippen LogP contribution in [-0.2, 0) is 24.1 Å². The van der Waals surface area contributed by atoms with Gasteiger partial charge in [0.25, 0.3) is 0 Å². The number of rotatable bonds is 5. The smallest absolute Gasteiger partial charge is 0.223 e. The molecule has 1 aliphatic carbocycles. The van der Waals surface area contributed by atoms with Crippen molar-refractivity contribution in [3.8, 4) is 0 Å². The Balaban J connectivity index is 1.44. The Morgan fingerprint density at radius 1 is 1.36 bits per heavy atom. The molecular formula is C18H22N2OS. The lowest BCUT2D eigenvalue weighted by Crippen LogP contribution is -2.34. The molecule has 4 heteroatoms. The highest BCUT2D eigenvalue weighted by Gasteiger charge is 2.23. The van der Waals surface area contributed by atoms with Gasteiger partial charge in [0.2, 0.25) is 5.91 Å². The third-order valence-corrected chi connectivity index (χ3v) is 5.44. The van der Waals surface area contributed by atoms with E-state index in [2.05, 4.69) is 34.6 Å². The summed E-state index contributed by atoms with van der Waals surface area (Å²) < 4.78 is 0. The summed E-state index contributed by atoms with van der Waals surface area (Å²) in [6.07, 6.45) is 4.86. The van der Waals surface area contributed by atoms with Crippen molar-refractivity contribution >= 4 is 17.2 Å². The Morgan fingerprint density at radius 2 is 2.18 bits per heavy atom. The van der Waals surface area contributed by atoms with Crippen molar-refractivity contribution in [3.05, 3.63) is 51.5 Å². The van der Waals surface area contributed by atoms with Crippen LogP contribution in [0.1, 0.15) is 34.5 Å². The number of nitrogens with zero attached hydrogens (tertiary/aromatic N) is 1. The zero-order valence-electron chi connectivity index (χ0n) is 13.0. The van der Waals surface area contributed by atoms with Gasteiger partial charge >= 0.3 is 0 Å². The highest BCUT2D eigenvalue weighted by molar-refractivity contribution is 7.09. The number of carbonyl (C=O) groups is 1. The third-order valence-electron chi connectivity index (χ3n) is 4.44. The maximum Gasteiger partial charge on any atom is 0.223 e. The lowest BCUT2D eigenvalue weighted by molar-refractivity contribution is -0.125. The van der Waals surface area contributed by atoms with Crippen LogP contribution in [0.2, 0.25) is 0 Å². The molecule has 1 amide bonds. The molecular weight excluding hydrogens is 292 g/mol. The number of fused-ring (bicyclic) bond motifs is 1. The molecule has 1 N–H and O–H groups in total. The Hall–Kier alpha value is -1.68. The van der Waals surface area contributed by atoms with E-state index in [1.165, 1.54) is 16.0 Å². The van der Waals surface area contributed by atoms with Gasteiger partial charge in [0.1, 0.15) is 0 Å². The van der Waals surface area contributed by atoms with Gasteiger partial charge in [-0.15, -0.1) is 11.3 Å². The van der Waals surface area contributed by atoms with Crippen LogP contribution in [0.15, 0.2) is 29.8 Å². The molecule has 22 heavy (non-hydrogen) atoms. The summed E-state index contributed by atoms with van der Waals surface area (Å²) in [5.74, 6) is 0.357. The van der Waals surface area contributed by atoms with Crippen LogP contribution in [0.25, 0.3) is 0 Å². The van der Waals surface area contributed by atoms with E-state index in [9.17, 15) is 4.79 Å². The normalized spacial score (nSPS) is 17.0. The molecule has 1 atom stereocenters. The summed E-state index contributed by atoms with van der Waals surface area (Å²) in [5.41, 5.74) is 5.77. The summed E-state index contributed by atoms with van der Waals surface area (Å²) in [6, 6.07) is 8.49. The molecule has 0 bridgehead atoms. The first-order valence-electron chi connectivity index (χ1n) is 7.97. The monoisotopic (exact) mass is 314 g/mol. The van der Waals surface area contributed by atoms with E-state index in [0.29, 0.717) is 0 Å². The van der Waals surface area contributed by atoms with Crippen molar-refractivity contribution in [2.45, 2.75) is 39.0 Å². The maximum atomic E-state index is 12.3. The second-order valence-corrected chi connectivity index (χ2v) is 6.90. The first-order chi connectivity index (χ1) is 10.7. The van der Waals surface area contributed by atoms with Gasteiger partial charge in [0.15, 0.2) is 0 Å². The largest absolute Gasteiger partial charge is 0.356 e. The number of carbonyl (C=O) groups excluding carboxylic acids is 1. The van der Waals surface area contributed by atoms with Crippen LogP contribution in [0.3, 0.4) is 0 Å². The topological polar surface area (TPSA) is 42.0 Å². The molecule has 1 aliphatic rings. The molecule has 1 unspecified atom stereocenters. The van der Waals surface area contributed by atoms with Crippen LogP contribution >= 0.6 is 11.3 Å². The van der Waals surface area contributed by atoms with E-state index in [-0.39, 0.29) is 11.8 Å². The minimum absolute atomic E-state index is 0.139.